The average Bonchev–Trinajstić information content (AvgIpc) is 3.38. The SMILES string of the molecule is N#Cc1cnc(Nc2cc(-c3sccc3OCCC[NH3+])[nH]n2)cn1.O=C([O-])C(F)(F)F. The van der Waals surface area contributed by atoms with Gasteiger partial charge in [0, 0.05) is 12.5 Å². The predicted octanol–water partition coefficient (Wildman–Crippen LogP) is 0.853. The van der Waals surface area contributed by atoms with E-state index in [2.05, 4.69) is 31.2 Å². The minimum Gasteiger partial charge on any atom is -0.542 e. The van der Waals surface area contributed by atoms with Crippen molar-refractivity contribution in [1.29, 1.82) is 5.26 Å². The maximum Gasteiger partial charge on any atom is 0.430 e. The minimum absolute atomic E-state index is 0.269. The number of nitrogens with one attached hydrogen (secondary N) is 2. The Kier molecular flexibility index (Phi) is 8.29. The van der Waals surface area contributed by atoms with Gasteiger partial charge in [0.05, 0.1) is 36.1 Å². The van der Waals surface area contributed by atoms with E-state index in [-0.39, 0.29) is 5.69 Å². The molecule has 3 rings (SSSR count). The van der Waals surface area contributed by atoms with E-state index in [9.17, 15) is 13.2 Å². The van der Waals surface area contributed by atoms with Gasteiger partial charge in [-0.25, -0.2) is 9.97 Å². The van der Waals surface area contributed by atoms with Crippen LogP contribution in [0, 0.1) is 11.3 Å². The summed E-state index contributed by atoms with van der Waals surface area (Å²) in [5, 5.41) is 29.7. The molecule has 0 atom stereocenters. The topological polar surface area (TPSA) is 167 Å². The first-order chi connectivity index (χ1) is 14.7. The molecule has 0 amide bonds. The molecule has 0 saturated carbocycles. The smallest absolute Gasteiger partial charge is 0.430 e. The Morgan fingerprint density at radius 2 is 2.10 bits per heavy atom. The number of aromatic nitrogens is 4. The third-order valence-electron chi connectivity index (χ3n) is 3.36. The average molecular weight is 455 g/mol. The normalized spacial score (nSPS) is 10.5. The quantitative estimate of drug-likeness (QED) is 0.441. The van der Waals surface area contributed by atoms with E-state index in [0.29, 0.717) is 18.2 Å². The van der Waals surface area contributed by atoms with Crippen LogP contribution < -0.4 is 20.9 Å². The van der Waals surface area contributed by atoms with E-state index in [4.69, 9.17) is 19.9 Å². The molecule has 14 heteroatoms. The number of ether oxygens (including phenoxy) is 1. The molecular weight excluding hydrogens is 439 g/mol. The summed E-state index contributed by atoms with van der Waals surface area (Å²) in [6, 6.07) is 5.75. The first-order valence-corrected chi connectivity index (χ1v) is 9.45. The summed E-state index contributed by atoms with van der Waals surface area (Å²) >= 11 is 1.58. The van der Waals surface area contributed by atoms with Crippen LogP contribution in [0.25, 0.3) is 10.6 Å². The van der Waals surface area contributed by atoms with Crippen LogP contribution in [0.3, 0.4) is 0 Å². The molecule has 0 saturated heterocycles. The fourth-order valence-electron chi connectivity index (χ4n) is 1.98. The maximum absolute atomic E-state index is 10.5. The van der Waals surface area contributed by atoms with E-state index in [1.54, 1.807) is 11.3 Å². The van der Waals surface area contributed by atoms with Crippen LogP contribution in [0.4, 0.5) is 24.8 Å². The number of thiophene rings is 1. The summed E-state index contributed by atoms with van der Waals surface area (Å²) in [5.41, 5.74) is 4.94. The molecule has 0 aliphatic rings. The third kappa shape index (κ3) is 7.24. The number of alkyl halides is 3. The van der Waals surface area contributed by atoms with E-state index >= 15 is 0 Å². The second kappa shape index (κ2) is 10.9. The highest BCUT2D eigenvalue weighted by molar-refractivity contribution is 7.14. The van der Waals surface area contributed by atoms with Crippen molar-refractivity contribution in [3.05, 3.63) is 35.6 Å². The summed E-state index contributed by atoms with van der Waals surface area (Å²) in [6.45, 7) is 1.50. The van der Waals surface area contributed by atoms with Gasteiger partial charge in [-0.05, 0) is 11.4 Å². The number of carbonyl (C=O) groups is 1. The van der Waals surface area contributed by atoms with Gasteiger partial charge < -0.3 is 25.7 Å². The molecule has 0 spiro atoms. The van der Waals surface area contributed by atoms with Crippen LogP contribution in [0.1, 0.15) is 12.1 Å². The van der Waals surface area contributed by atoms with E-state index in [1.807, 2.05) is 23.6 Å². The first-order valence-electron chi connectivity index (χ1n) is 8.57. The molecule has 5 N–H and O–H groups in total. The summed E-state index contributed by atoms with van der Waals surface area (Å²) in [4.78, 5) is 17.8. The highest BCUT2D eigenvalue weighted by Gasteiger charge is 2.28. The van der Waals surface area contributed by atoms with Crippen molar-refractivity contribution in [2.24, 2.45) is 0 Å². The molecule has 164 valence electrons. The molecule has 3 heterocycles. The van der Waals surface area contributed by atoms with Gasteiger partial charge in [0.25, 0.3) is 0 Å². The van der Waals surface area contributed by atoms with Crippen LogP contribution >= 0.6 is 11.3 Å². The number of hydrogen-bond acceptors (Lipinski definition) is 9. The highest BCUT2D eigenvalue weighted by atomic mass is 32.1. The minimum atomic E-state index is -5.19. The molecule has 10 nitrogen and oxygen atoms in total. The number of quaternary nitrogens is 1. The zero-order chi connectivity index (χ0) is 22.9. The number of halogens is 3. The Bertz CT molecular complexity index is 1030. The standard InChI is InChI=1S/C15H15N7OS.C2HF3O2/c16-3-1-4-23-12-2-5-24-15(12)11-6-13(22-21-11)20-14-9-18-10(7-17)8-19-14;3-2(4,5)1(6)7/h2,5-6,8-9H,1,3-4,16H2,(H2,19,20,21,22);(H,6,7). The van der Waals surface area contributed by atoms with E-state index in [1.165, 1.54) is 12.4 Å². The zero-order valence-electron chi connectivity index (χ0n) is 15.8. The van der Waals surface area contributed by atoms with Crippen molar-refractivity contribution < 1.29 is 33.5 Å². The van der Waals surface area contributed by atoms with Crippen molar-refractivity contribution in [2.75, 3.05) is 18.5 Å². The first kappa shape index (κ1) is 23.6. The Hall–Kier alpha value is -3.70. The number of anilines is 2. The lowest BCUT2D eigenvalue weighted by Crippen LogP contribution is -2.50. The molecule has 0 unspecified atom stereocenters. The third-order valence-corrected chi connectivity index (χ3v) is 4.29. The lowest BCUT2D eigenvalue weighted by Gasteiger charge is -2.04. The Labute approximate surface area is 177 Å². The molecule has 0 radical (unpaired) electrons. The van der Waals surface area contributed by atoms with Crippen LogP contribution in [0.2, 0.25) is 0 Å². The van der Waals surface area contributed by atoms with Gasteiger partial charge in [-0.3, -0.25) is 5.10 Å². The Balaban J connectivity index is 0.000000423. The van der Waals surface area contributed by atoms with Crippen LogP contribution in [0.15, 0.2) is 29.9 Å². The van der Waals surface area contributed by atoms with E-state index in [0.717, 1.165) is 29.3 Å². The van der Waals surface area contributed by atoms with Gasteiger partial charge in [-0.1, -0.05) is 0 Å². The zero-order valence-corrected chi connectivity index (χ0v) is 16.6. The van der Waals surface area contributed by atoms with Crippen LogP contribution in [-0.4, -0.2) is 45.5 Å². The number of rotatable bonds is 7. The summed E-state index contributed by atoms with van der Waals surface area (Å²) in [7, 11) is 0. The fraction of sp³-hybridized carbons (Fsp3) is 0.235. The second-order valence-electron chi connectivity index (χ2n) is 5.65. The number of aliphatic carboxylic acids is 1. The van der Waals surface area contributed by atoms with Crippen molar-refractivity contribution in [2.45, 2.75) is 12.6 Å². The number of hydrogen-bond donors (Lipinski definition) is 3. The number of aromatic amines is 1. The summed E-state index contributed by atoms with van der Waals surface area (Å²) in [5.74, 6) is -1.04. The number of carbonyl (C=O) groups excluding carboxylic acids is 1. The van der Waals surface area contributed by atoms with Gasteiger partial charge in [0.1, 0.15) is 23.6 Å². The highest BCUT2D eigenvalue weighted by Crippen LogP contribution is 2.35. The molecule has 0 bridgehead atoms. The molecule has 3 aromatic heterocycles. The van der Waals surface area contributed by atoms with Crippen molar-refractivity contribution >= 4 is 28.9 Å². The molecule has 0 fully saturated rings. The maximum atomic E-state index is 10.5. The second-order valence-corrected chi connectivity index (χ2v) is 6.56. The predicted molar refractivity (Wildman–Crippen MR) is 101 cm³/mol. The van der Waals surface area contributed by atoms with Crippen molar-refractivity contribution in [1.82, 2.24) is 20.2 Å². The summed E-state index contributed by atoms with van der Waals surface area (Å²) < 4.78 is 37.3. The fourth-order valence-corrected chi connectivity index (χ4v) is 2.78. The number of H-pyrrole nitrogens is 1. The van der Waals surface area contributed by atoms with Crippen LogP contribution in [0.5, 0.6) is 5.75 Å². The molecule has 0 aliphatic heterocycles. The van der Waals surface area contributed by atoms with E-state index < -0.39 is 12.1 Å². The molecule has 3 aromatic rings. The number of nitriles is 1. The van der Waals surface area contributed by atoms with Crippen molar-refractivity contribution in [3.63, 3.8) is 0 Å². The lowest BCUT2D eigenvalue weighted by atomic mass is 10.3. The number of carboxylic acid groups (broad SMARTS) is 1. The molecule has 31 heavy (non-hydrogen) atoms. The van der Waals surface area contributed by atoms with Crippen LogP contribution in [-0.2, 0) is 4.79 Å². The van der Waals surface area contributed by atoms with Gasteiger partial charge in [-0.2, -0.15) is 23.5 Å². The Morgan fingerprint density at radius 3 is 2.68 bits per heavy atom. The monoisotopic (exact) mass is 455 g/mol. The number of carboxylic acids is 1. The lowest BCUT2D eigenvalue weighted by molar-refractivity contribution is -0.368. The van der Waals surface area contributed by atoms with Gasteiger partial charge in [0.15, 0.2) is 11.5 Å². The Morgan fingerprint density at radius 1 is 1.35 bits per heavy atom. The van der Waals surface area contributed by atoms with Gasteiger partial charge in [0.2, 0.25) is 0 Å². The summed E-state index contributed by atoms with van der Waals surface area (Å²) in [6.07, 6.45) is -1.38. The molecule has 0 aromatic carbocycles. The molecular formula is C17H16F3N7O3S. The van der Waals surface area contributed by atoms with Crippen molar-refractivity contribution in [3.8, 4) is 22.4 Å². The van der Waals surface area contributed by atoms with Gasteiger partial charge in [-0.15, -0.1) is 11.3 Å². The van der Waals surface area contributed by atoms with Gasteiger partial charge >= 0.3 is 6.18 Å². The largest absolute Gasteiger partial charge is 0.542 e. The number of nitrogens with zero attached hydrogens (tertiary/aromatic N) is 4. The molecule has 0 aliphatic carbocycles.